The molecule has 1 aliphatic heterocycles. The second-order valence-electron chi connectivity index (χ2n) is 3.04. The quantitative estimate of drug-likeness (QED) is 0.798. The predicted octanol–water partition coefficient (Wildman–Crippen LogP) is 0.954. The molecule has 0 aliphatic carbocycles. The van der Waals surface area contributed by atoms with Gasteiger partial charge in [-0.15, -0.1) is 5.10 Å². The van der Waals surface area contributed by atoms with Gasteiger partial charge in [0.1, 0.15) is 0 Å². The van der Waals surface area contributed by atoms with Gasteiger partial charge in [0.05, 0.1) is 5.69 Å². The topological polar surface area (TPSA) is 42.7 Å². The molecule has 2 heterocycles. The van der Waals surface area contributed by atoms with Crippen molar-refractivity contribution in [3.8, 4) is 0 Å². The molecule has 2 rings (SSSR count). The van der Waals surface area contributed by atoms with Crippen LogP contribution in [-0.2, 0) is 7.05 Å². The normalized spacial score (nSPS) is 17.2. The van der Waals surface area contributed by atoms with Gasteiger partial charge in [-0.25, -0.2) is 4.68 Å². The van der Waals surface area contributed by atoms with Crippen LogP contribution >= 0.6 is 15.9 Å². The van der Waals surface area contributed by atoms with Crippen LogP contribution in [0, 0.1) is 0 Å². The van der Waals surface area contributed by atoms with Gasteiger partial charge in [0.2, 0.25) is 0 Å². The summed E-state index contributed by atoms with van der Waals surface area (Å²) in [6.45, 7) is 1.97. The van der Waals surface area contributed by atoms with Crippen LogP contribution in [0.25, 0.3) is 5.57 Å². The lowest BCUT2D eigenvalue weighted by molar-refractivity contribution is 0.691. The van der Waals surface area contributed by atoms with Crippen LogP contribution in [0.1, 0.15) is 12.1 Å². The van der Waals surface area contributed by atoms with E-state index < -0.39 is 0 Å². The van der Waals surface area contributed by atoms with Gasteiger partial charge in [-0.3, -0.25) is 0 Å². The Labute approximate surface area is 85.1 Å². The number of nitrogens with zero attached hydrogens (tertiary/aromatic N) is 3. The summed E-state index contributed by atoms with van der Waals surface area (Å²) >= 11 is 3.40. The molecule has 1 aromatic heterocycles. The Morgan fingerprint density at radius 2 is 2.46 bits per heavy atom. The standard InChI is InChI=1S/C8H11BrN4/c1-13-7(8(9)11-12-13)6-2-4-10-5-3-6/h2,10H,3-5H2,1H3. The van der Waals surface area contributed by atoms with E-state index in [0.717, 1.165) is 29.8 Å². The largest absolute Gasteiger partial charge is 0.313 e. The molecule has 0 fully saturated rings. The minimum atomic E-state index is 0.836. The molecule has 0 atom stereocenters. The van der Waals surface area contributed by atoms with Crippen LogP contribution in [0.3, 0.4) is 0 Å². The van der Waals surface area contributed by atoms with E-state index in [1.54, 1.807) is 4.68 Å². The lowest BCUT2D eigenvalue weighted by Crippen LogP contribution is -2.20. The highest BCUT2D eigenvalue weighted by molar-refractivity contribution is 9.10. The average molecular weight is 243 g/mol. The van der Waals surface area contributed by atoms with Gasteiger partial charge in [0.25, 0.3) is 0 Å². The average Bonchev–Trinajstić information content (AvgIpc) is 2.48. The zero-order valence-electron chi connectivity index (χ0n) is 7.42. The Morgan fingerprint density at radius 3 is 3.00 bits per heavy atom. The maximum Gasteiger partial charge on any atom is 0.155 e. The van der Waals surface area contributed by atoms with Crippen LogP contribution in [0.2, 0.25) is 0 Å². The van der Waals surface area contributed by atoms with E-state index in [4.69, 9.17) is 0 Å². The van der Waals surface area contributed by atoms with E-state index in [0.29, 0.717) is 0 Å². The Bertz CT molecular complexity index is 322. The van der Waals surface area contributed by atoms with Crippen molar-refractivity contribution in [1.29, 1.82) is 0 Å². The van der Waals surface area contributed by atoms with Crippen LogP contribution in [-0.4, -0.2) is 28.1 Å². The molecule has 1 aromatic rings. The van der Waals surface area contributed by atoms with E-state index in [2.05, 4.69) is 37.6 Å². The van der Waals surface area contributed by atoms with Crippen molar-refractivity contribution >= 4 is 21.5 Å². The molecule has 0 unspecified atom stereocenters. The number of rotatable bonds is 1. The van der Waals surface area contributed by atoms with Gasteiger partial charge in [-0.1, -0.05) is 11.3 Å². The fourth-order valence-corrected chi connectivity index (χ4v) is 2.09. The van der Waals surface area contributed by atoms with Crippen molar-refractivity contribution in [3.05, 3.63) is 16.4 Å². The van der Waals surface area contributed by atoms with Crippen LogP contribution in [0.15, 0.2) is 10.7 Å². The van der Waals surface area contributed by atoms with E-state index in [-0.39, 0.29) is 0 Å². The first-order valence-corrected chi connectivity index (χ1v) is 5.03. The van der Waals surface area contributed by atoms with Gasteiger partial charge in [-0.2, -0.15) is 0 Å². The molecular formula is C8H11BrN4. The summed E-state index contributed by atoms with van der Waals surface area (Å²) < 4.78 is 2.64. The Kier molecular flexibility index (Phi) is 2.46. The Hall–Kier alpha value is -0.680. The third-order valence-corrected chi connectivity index (χ3v) is 2.69. The molecule has 13 heavy (non-hydrogen) atoms. The number of nitrogens with one attached hydrogen (secondary N) is 1. The third kappa shape index (κ3) is 1.66. The zero-order valence-corrected chi connectivity index (χ0v) is 9.00. The highest BCUT2D eigenvalue weighted by Crippen LogP contribution is 2.24. The molecule has 0 saturated heterocycles. The van der Waals surface area contributed by atoms with Crippen LogP contribution in [0.4, 0.5) is 0 Å². The zero-order chi connectivity index (χ0) is 9.26. The minimum absolute atomic E-state index is 0.836. The lowest BCUT2D eigenvalue weighted by atomic mass is 10.1. The van der Waals surface area contributed by atoms with Crippen molar-refractivity contribution in [1.82, 2.24) is 20.3 Å². The van der Waals surface area contributed by atoms with Gasteiger partial charge in [0, 0.05) is 13.6 Å². The molecule has 0 saturated carbocycles. The summed E-state index contributed by atoms with van der Waals surface area (Å²) in [5.41, 5.74) is 2.42. The van der Waals surface area contributed by atoms with Crippen molar-refractivity contribution in [2.75, 3.05) is 13.1 Å². The molecule has 0 amide bonds. The van der Waals surface area contributed by atoms with Gasteiger partial charge < -0.3 is 5.32 Å². The Morgan fingerprint density at radius 1 is 1.62 bits per heavy atom. The molecule has 0 spiro atoms. The summed E-state index contributed by atoms with van der Waals surface area (Å²) in [6, 6.07) is 0. The molecule has 0 aromatic carbocycles. The minimum Gasteiger partial charge on any atom is -0.313 e. The number of hydrogen-bond donors (Lipinski definition) is 1. The molecule has 70 valence electrons. The Balaban J connectivity index is 2.38. The van der Waals surface area contributed by atoms with Gasteiger partial charge >= 0.3 is 0 Å². The smallest absolute Gasteiger partial charge is 0.155 e. The van der Waals surface area contributed by atoms with E-state index in [1.807, 2.05) is 7.05 Å². The van der Waals surface area contributed by atoms with Crippen molar-refractivity contribution < 1.29 is 0 Å². The van der Waals surface area contributed by atoms with E-state index in [1.165, 1.54) is 5.57 Å². The lowest BCUT2D eigenvalue weighted by Gasteiger charge is -2.13. The molecule has 0 bridgehead atoms. The van der Waals surface area contributed by atoms with Crippen molar-refractivity contribution in [2.45, 2.75) is 6.42 Å². The first-order chi connectivity index (χ1) is 6.29. The monoisotopic (exact) mass is 242 g/mol. The number of halogens is 1. The molecular weight excluding hydrogens is 232 g/mol. The molecule has 4 nitrogen and oxygen atoms in total. The molecule has 0 radical (unpaired) electrons. The second kappa shape index (κ2) is 3.59. The summed E-state index contributed by atoms with van der Waals surface area (Å²) in [4.78, 5) is 0. The SMILES string of the molecule is Cn1nnc(Br)c1C1=CCNCC1. The first kappa shape index (κ1) is 8.90. The van der Waals surface area contributed by atoms with E-state index in [9.17, 15) is 0 Å². The predicted molar refractivity (Wildman–Crippen MR) is 54.2 cm³/mol. The maximum absolute atomic E-state index is 3.96. The fraction of sp³-hybridized carbons (Fsp3) is 0.500. The number of aryl methyl sites for hydroxylation is 1. The highest BCUT2D eigenvalue weighted by Gasteiger charge is 2.14. The molecule has 1 N–H and O–H groups in total. The third-order valence-electron chi connectivity index (χ3n) is 2.15. The van der Waals surface area contributed by atoms with E-state index >= 15 is 0 Å². The highest BCUT2D eigenvalue weighted by atomic mass is 79.9. The summed E-state index contributed by atoms with van der Waals surface area (Å²) in [6.07, 6.45) is 3.23. The fourth-order valence-electron chi connectivity index (χ4n) is 1.51. The summed E-state index contributed by atoms with van der Waals surface area (Å²) in [5, 5.41) is 11.2. The number of hydrogen-bond acceptors (Lipinski definition) is 3. The van der Waals surface area contributed by atoms with Crippen LogP contribution < -0.4 is 5.32 Å². The summed E-state index contributed by atoms with van der Waals surface area (Å²) in [5.74, 6) is 0. The first-order valence-electron chi connectivity index (χ1n) is 4.24. The van der Waals surface area contributed by atoms with Gasteiger partial charge in [0.15, 0.2) is 4.60 Å². The maximum atomic E-state index is 3.96. The van der Waals surface area contributed by atoms with Crippen LogP contribution in [0.5, 0.6) is 0 Å². The molecule has 1 aliphatic rings. The second-order valence-corrected chi connectivity index (χ2v) is 3.79. The van der Waals surface area contributed by atoms with Gasteiger partial charge in [-0.05, 0) is 34.5 Å². The summed E-state index contributed by atoms with van der Waals surface area (Å²) in [7, 11) is 1.91. The number of aromatic nitrogens is 3. The molecule has 5 heteroatoms. The van der Waals surface area contributed by atoms with Crippen molar-refractivity contribution in [3.63, 3.8) is 0 Å². The van der Waals surface area contributed by atoms with Crippen molar-refractivity contribution in [2.24, 2.45) is 7.05 Å².